The van der Waals surface area contributed by atoms with Gasteiger partial charge in [-0.1, -0.05) is 0 Å². The summed E-state index contributed by atoms with van der Waals surface area (Å²) in [5.74, 6) is 1.36. The minimum Gasteiger partial charge on any atom is -0.396 e. The number of aliphatic hydroxyl groups is 1. The van der Waals surface area contributed by atoms with Gasteiger partial charge in [0.2, 0.25) is 0 Å². The van der Waals surface area contributed by atoms with Crippen LogP contribution >= 0.6 is 15.9 Å². The second-order valence-corrected chi connectivity index (χ2v) is 5.47. The molecule has 1 aliphatic rings. The summed E-state index contributed by atoms with van der Waals surface area (Å²) in [6.45, 7) is 2.15. The number of anilines is 1. The Balaban J connectivity index is 1.92. The van der Waals surface area contributed by atoms with Gasteiger partial charge in [0.1, 0.15) is 4.60 Å². The van der Waals surface area contributed by atoms with Crippen molar-refractivity contribution < 1.29 is 5.11 Å². The zero-order valence-corrected chi connectivity index (χ0v) is 11.5. The fraction of sp³-hybridized carbons (Fsp3) is 0.500. The average molecular weight is 311 g/mol. The lowest BCUT2D eigenvalue weighted by molar-refractivity contribution is 0.203. The average Bonchev–Trinajstić information content (AvgIpc) is 2.86. The molecule has 1 fully saturated rings. The van der Waals surface area contributed by atoms with Gasteiger partial charge in [-0.25, -0.2) is 9.97 Å². The lowest BCUT2D eigenvalue weighted by atomic mass is 9.98. The van der Waals surface area contributed by atoms with E-state index in [-0.39, 0.29) is 0 Å². The molecule has 0 saturated carbocycles. The van der Waals surface area contributed by atoms with E-state index < -0.39 is 0 Å². The van der Waals surface area contributed by atoms with Crippen LogP contribution < -0.4 is 4.90 Å². The van der Waals surface area contributed by atoms with E-state index >= 15 is 0 Å². The normalized spacial score (nSPS) is 17.6. The summed E-state index contributed by atoms with van der Waals surface area (Å²) < 4.78 is 2.79. The fourth-order valence-electron chi connectivity index (χ4n) is 2.42. The molecule has 2 aromatic heterocycles. The Labute approximate surface area is 114 Å². The molecular formula is C12H15BrN4O. The zero-order chi connectivity index (χ0) is 12.5. The molecule has 3 heterocycles. The van der Waals surface area contributed by atoms with Crippen molar-refractivity contribution in [2.24, 2.45) is 5.92 Å². The van der Waals surface area contributed by atoms with Crippen LogP contribution in [0.3, 0.4) is 0 Å². The lowest BCUT2D eigenvalue weighted by Gasteiger charge is -2.32. The molecule has 0 aromatic carbocycles. The molecule has 0 atom stereocenters. The number of aliphatic hydroxyl groups excluding tert-OH is 1. The monoisotopic (exact) mass is 310 g/mol. The van der Waals surface area contributed by atoms with Crippen LogP contribution in [0.4, 0.5) is 5.82 Å². The lowest BCUT2D eigenvalue weighted by Crippen LogP contribution is -2.35. The summed E-state index contributed by atoms with van der Waals surface area (Å²) in [6.07, 6.45) is 7.64. The quantitative estimate of drug-likeness (QED) is 0.917. The molecule has 0 radical (unpaired) electrons. The number of hydrogen-bond donors (Lipinski definition) is 1. The Morgan fingerprint density at radius 2 is 2.17 bits per heavy atom. The van der Waals surface area contributed by atoms with Gasteiger partial charge in [0.25, 0.3) is 0 Å². The molecule has 5 nitrogen and oxygen atoms in total. The molecule has 1 aliphatic heterocycles. The van der Waals surface area contributed by atoms with Gasteiger partial charge in [0, 0.05) is 38.3 Å². The maximum atomic E-state index is 9.17. The number of hydrogen-bond acceptors (Lipinski definition) is 4. The molecule has 6 heteroatoms. The van der Waals surface area contributed by atoms with Crippen LogP contribution in [0.2, 0.25) is 0 Å². The molecule has 0 aliphatic carbocycles. The number of nitrogens with zero attached hydrogens (tertiary/aromatic N) is 4. The highest BCUT2D eigenvalue weighted by Gasteiger charge is 2.22. The van der Waals surface area contributed by atoms with Gasteiger partial charge >= 0.3 is 0 Å². The van der Waals surface area contributed by atoms with E-state index in [1.54, 1.807) is 6.20 Å². The summed E-state index contributed by atoms with van der Waals surface area (Å²) in [4.78, 5) is 11.2. The van der Waals surface area contributed by atoms with E-state index in [1.165, 1.54) is 0 Å². The Kier molecular flexibility index (Phi) is 3.22. The number of fused-ring (bicyclic) bond motifs is 1. The minimum atomic E-state index is 0.290. The first-order valence-corrected chi connectivity index (χ1v) is 6.92. The first-order chi connectivity index (χ1) is 8.78. The van der Waals surface area contributed by atoms with Crippen molar-refractivity contribution in [1.82, 2.24) is 14.4 Å². The number of imidazole rings is 1. The Hall–Kier alpha value is -1.14. The van der Waals surface area contributed by atoms with Crippen molar-refractivity contribution in [2.45, 2.75) is 12.8 Å². The van der Waals surface area contributed by atoms with Crippen LogP contribution in [0.15, 0.2) is 23.2 Å². The molecule has 1 N–H and O–H groups in total. The third kappa shape index (κ3) is 2.10. The van der Waals surface area contributed by atoms with Gasteiger partial charge < -0.3 is 14.4 Å². The molecular weight excluding hydrogens is 296 g/mol. The molecule has 0 bridgehead atoms. The molecule has 2 aromatic rings. The van der Waals surface area contributed by atoms with E-state index in [0.717, 1.165) is 42.0 Å². The summed E-state index contributed by atoms with van der Waals surface area (Å²) in [5, 5.41) is 9.17. The highest BCUT2D eigenvalue weighted by Crippen LogP contribution is 2.25. The summed E-state index contributed by atoms with van der Waals surface area (Å²) in [6, 6.07) is 0. The van der Waals surface area contributed by atoms with Gasteiger partial charge in [-0.2, -0.15) is 0 Å². The Morgan fingerprint density at radius 1 is 1.39 bits per heavy atom. The van der Waals surface area contributed by atoms with E-state index in [4.69, 9.17) is 0 Å². The van der Waals surface area contributed by atoms with Crippen molar-refractivity contribution in [2.75, 3.05) is 24.6 Å². The number of halogens is 1. The van der Waals surface area contributed by atoms with Crippen LogP contribution in [0.1, 0.15) is 12.8 Å². The Bertz CT molecular complexity index is 548. The van der Waals surface area contributed by atoms with E-state index in [0.29, 0.717) is 12.5 Å². The molecule has 0 unspecified atom stereocenters. The number of aromatic nitrogens is 3. The number of piperidine rings is 1. The van der Waals surface area contributed by atoms with Gasteiger partial charge in [-0.15, -0.1) is 0 Å². The first-order valence-electron chi connectivity index (χ1n) is 6.13. The molecule has 0 spiro atoms. The van der Waals surface area contributed by atoms with Crippen molar-refractivity contribution in [3.63, 3.8) is 0 Å². The van der Waals surface area contributed by atoms with E-state index in [9.17, 15) is 5.11 Å². The highest BCUT2D eigenvalue weighted by atomic mass is 79.9. The topological polar surface area (TPSA) is 53.7 Å². The Morgan fingerprint density at radius 3 is 2.89 bits per heavy atom. The molecule has 96 valence electrons. The summed E-state index contributed by atoms with van der Waals surface area (Å²) >= 11 is 3.43. The third-order valence-corrected chi connectivity index (χ3v) is 3.88. The standard InChI is InChI=1S/C12H15BrN4O/c13-10-7-17-6-3-14-11(17)12(15-10)16-4-1-9(8-18)2-5-16/h3,6-7,9,18H,1-2,4-5,8H2. The van der Waals surface area contributed by atoms with Crippen LogP contribution in [-0.2, 0) is 0 Å². The smallest absolute Gasteiger partial charge is 0.180 e. The molecule has 3 rings (SSSR count). The predicted octanol–water partition coefficient (Wildman–Crippen LogP) is 1.70. The molecule has 1 saturated heterocycles. The summed E-state index contributed by atoms with van der Waals surface area (Å²) in [7, 11) is 0. The second kappa shape index (κ2) is 4.85. The maximum Gasteiger partial charge on any atom is 0.180 e. The second-order valence-electron chi connectivity index (χ2n) is 4.66. The maximum absolute atomic E-state index is 9.17. The third-order valence-electron chi connectivity index (χ3n) is 3.50. The minimum absolute atomic E-state index is 0.290. The zero-order valence-electron chi connectivity index (χ0n) is 9.96. The van der Waals surface area contributed by atoms with Gasteiger partial charge in [-0.3, -0.25) is 0 Å². The molecule has 0 amide bonds. The molecule has 18 heavy (non-hydrogen) atoms. The van der Waals surface area contributed by atoms with E-state index in [1.807, 2.05) is 16.8 Å². The van der Waals surface area contributed by atoms with Crippen LogP contribution in [0, 0.1) is 5.92 Å². The van der Waals surface area contributed by atoms with Gasteiger partial charge in [0.05, 0.1) is 0 Å². The van der Waals surface area contributed by atoms with Gasteiger partial charge in [-0.05, 0) is 34.7 Å². The SMILES string of the molecule is OCC1CCN(c2nc(Br)cn3ccnc23)CC1. The number of rotatable bonds is 2. The highest BCUT2D eigenvalue weighted by molar-refractivity contribution is 9.10. The van der Waals surface area contributed by atoms with Gasteiger partial charge in [0.15, 0.2) is 11.5 Å². The van der Waals surface area contributed by atoms with E-state index in [2.05, 4.69) is 30.8 Å². The van der Waals surface area contributed by atoms with Crippen LogP contribution in [0.25, 0.3) is 5.65 Å². The van der Waals surface area contributed by atoms with Crippen LogP contribution in [-0.4, -0.2) is 39.2 Å². The first kappa shape index (κ1) is 11.9. The van der Waals surface area contributed by atoms with Crippen molar-refractivity contribution >= 4 is 27.4 Å². The van der Waals surface area contributed by atoms with Crippen LogP contribution in [0.5, 0.6) is 0 Å². The largest absolute Gasteiger partial charge is 0.396 e. The van der Waals surface area contributed by atoms with Crippen molar-refractivity contribution in [1.29, 1.82) is 0 Å². The van der Waals surface area contributed by atoms with Crippen molar-refractivity contribution in [3.8, 4) is 0 Å². The fourth-order valence-corrected chi connectivity index (χ4v) is 2.81. The van der Waals surface area contributed by atoms with Crippen molar-refractivity contribution in [3.05, 3.63) is 23.2 Å². The predicted molar refractivity (Wildman–Crippen MR) is 72.7 cm³/mol. The summed E-state index contributed by atoms with van der Waals surface area (Å²) in [5.41, 5.74) is 0.889.